The maximum absolute atomic E-state index is 5.45. The van der Waals surface area contributed by atoms with Crippen LogP contribution in [0.3, 0.4) is 0 Å². The van der Waals surface area contributed by atoms with Crippen molar-refractivity contribution in [2.75, 3.05) is 26.8 Å². The minimum Gasteiger partial charge on any atom is -0.384 e. The molecule has 0 saturated heterocycles. The quantitative estimate of drug-likeness (QED) is 0.800. The van der Waals surface area contributed by atoms with E-state index >= 15 is 0 Å². The molecule has 2 heteroatoms. The van der Waals surface area contributed by atoms with Crippen LogP contribution in [0.2, 0.25) is 0 Å². The highest BCUT2D eigenvalue weighted by Gasteiger charge is 2.54. The van der Waals surface area contributed by atoms with Crippen molar-refractivity contribution in [3.8, 4) is 0 Å². The zero-order valence-electron chi connectivity index (χ0n) is 11.8. The third-order valence-corrected chi connectivity index (χ3v) is 3.93. The average molecular weight is 247 g/mol. The summed E-state index contributed by atoms with van der Waals surface area (Å²) in [5.41, 5.74) is 1.70. The molecule has 1 aliphatic rings. The van der Waals surface area contributed by atoms with Gasteiger partial charge in [-0.15, -0.1) is 0 Å². The number of ether oxygens (including phenoxy) is 1. The van der Waals surface area contributed by atoms with E-state index in [2.05, 4.69) is 49.5 Å². The molecule has 0 bridgehead atoms. The molecule has 0 amide bonds. The molecule has 1 aliphatic carbocycles. The van der Waals surface area contributed by atoms with Crippen LogP contribution in [0.25, 0.3) is 0 Å². The van der Waals surface area contributed by atoms with Gasteiger partial charge in [0.2, 0.25) is 0 Å². The fourth-order valence-electron chi connectivity index (χ4n) is 2.84. The van der Waals surface area contributed by atoms with Crippen molar-refractivity contribution in [1.82, 2.24) is 5.32 Å². The van der Waals surface area contributed by atoms with Crippen molar-refractivity contribution < 1.29 is 4.74 Å². The summed E-state index contributed by atoms with van der Waals surface area (Å²) in [6.07, 6.45) is 1.25. The fraction of sp³-hybridized carbons (Fsp3) is 0.625. The molecule has 2 nitrogen and oxygen atoms in total. The largest absolute Gasteiger partial charge is 0.384 e. The van der Waals surface area contributed by atoms with Crippen LogP contribution in [0.5, 0.6) is 0 Å². The first-order valence-corrected chi connectivity index (χ1v) is 6.94. The van der Waals surface area contributed by atoms with E-state index in [9.17, 15) is 0 Å². The number of benzene rings is 1. The van der Waals surface area contributed by atoms with Crippen LogP contribution < -0.4 is 5.32 Å². The first-order valence-electron chi connectivity index (χ1n) is 6.94. The standard InChI is InChI=1S/C16H25NO/c1-13(2)10-17-11-15-9-16(15,12-18-3)14-7-5-4-6-8-14/h4-8,13,15,17H,9-12H2,1-3H3. The minimum absolute atomic E-state index is 0.264. The maximum Gasteiger partial charge on any atom is 0.0562 e. The number of hydrogen-bond acceptors (Lipinski definition) is 2. The first-order chi connectivity index (χ1) is 8.69. The van der Waals surface area contributed by atoms with Gasteiger partial charge < -0.3 is 10.1 Å². The van der Waals surface area contributed by atoms with Crippen molar-refractivity contribution in [2.45, 2.75) is 25.7 Å². The fourth-order valence-corrected chi connectivity index (χ4v) is 2.84. The van der Waals surface area contributed by atoms with Crippen LogP contribution in [0.4, 0.5) is 0 Å². The minimum atomic E-state index is 0.264. The predicted molar refractivity (Wildman–Crippen MR) is 75.8 cm³/mol. The lowest BCUT2D eigenvalue weighted by Crippen LogP contribution is -2.26. The van der Waals surface area contributed by atoms with Gasteiger partial charge in [0.25, 0.3) is 0 Å². The molecule has 0 heterocycles. The van der Waals surface area contributed by atoms with Gasteiger partial charge in [-0.1, -0.05) is 44.2 Å². The summed E-state index contributed by atoms with van der Waals surface area (Å²) in [5.74, 6) is 1.44. The number of methoxy groups -OCH3 is 1. The Morgan fingerprint density at radius 2 is 2.06 bits per heavy atom. The van der Waals surface area contributed by atoms with E-state index in [1.54, 1.807) is 0 Å². The summed E-state index contributed by atoms with van der Waals surface area (Å²) in [4.78, 5) is 0. The van der Waals surface area contributed by atoms with Gasteiger partial charge in [-0.2, -0.15) is 0 Å². The molecule has 1 aromatic rings. The number of rotatable bonds is 7. The summed E-state index contributed by atoms with van der Waals surface area (Å²) in [7, 11) is 1.81. The maximum atomic E-state index is 5.45. The van der Waals surface area contributed by atoms with Crippen LogP contribution in [0, 0.1) is 11.8 Å². The summed E-state index contributed by atoms with van der Waals surface area (Å²) >= 11 is 0. The molecule has 2 rings (SSSR count). The van der Waals surface area contributed by atoms with Gasteiger partial charge in [-0.05, 0) is 36.9 Å². The monoisotopic (exact) mass is 247 g/mol. The molecule has 0 aromatic heterocycles. The Morgan fingerprint density at radius 1 is 1.33 bits per heavy atom. The van der Waals surface area contributed by atoms with E-state index in [0.717, 1.165) is 31.5 Å². The molecule has 1 fully saturated rings. The lowest BCUT2D eigenvalue weighted by atomic mass is 9.94. The highest BCUT2D eigenvalue weighted by Crippen LogP contribution is 2.54. The lowest BCUT2D eigenvalue weighted by molar-refractivity contribution is 0.165. The van der Waals surface area contributed by atoms with Crippen molar-refractivity contribution in [2.24, 2.45) is 11.8 Å². The topological polar surface area (TPSA) is 21.3 Å². The second-order valence-electron chi connectivity index (χ2n) is 5.91. The van der Waals surface area contributed by atoms with Gasteiger partial charge in [0, 0.05) is 12.5 Å². The lowest BCUT2D eigenvalue weighted by Gasteiger charge is -2.18. The van der Waals surface area contributed by atoms with Crippen molar-refractivity contribution in [1.29, 1.82) is 0 Å². The zero-order chi connectivity index (χ0) is 13.0. The third-order valence-electron chi connectivity index (χ3n) is 3.93. The molecule has 1 N–H and O–H groups in total. The van der Waals surface area contributed by atoms with E-state index in [0.29, 0.717) is 0 Å². The van der Waals surface area contributed by atoms with Gasteiger partial charge in [0.05, 0.1) is 6.61 Å². The Balaban J connectivity index is 1.95. The Morgan fingerprint density at radius 3 is 2.67 bits per heavy atom. The highest BCUT2D eigenvalue weighted by molar-refractivity contribution is 5.34. The third kappa shape index (κ3) is 2.93. The summed E-state index contributed by atoms with van der Waals surface area (Å²) in [5, 5.41) is 3.57. The molecule has 0 spiro atoms. The average Bonchev–Trinajstić information content (AvgIpc) is 3.05. The molecule has 100 valence electrons. The molecule has 2 unspecified atom stereocenters. The molecule has 2 atom stereocenters. The van der Waals surface area contributed by atoms with Gasteiger partial charge in [-0.25, -0.2) is 0 Å². The number of hydrogen-bond donors (Lipinski definition) is 1. The molecule has 1 saturated carbocycles. The van der Waals surface area contributed by atoms with E-state index in [4.69, 9.17) is 4.74 Å². The van der Waals surface area contributed by atoms with Crippen LogP contribution in [0.15, 0.2) is 30.3 Å². The van der Waals surface area contributed by atoms with Crippen molar-refractivity contribution >= 4 is 0 Å². The first kappa shape index (κ1) is 13.6. The molecular formula is C16H25NO. The number of nitrogens with one attached hydrogen (secondary N) is 1. The van der Waals surface area contributed by atoms with Crippen molar-refractivity contribution in [3.63, 3.8) is 0 Å². The van der Waals surface area contributed by atoms with Crippen LogP contribution in [0.1, 0.15) is 25.8 Å². The Bertz CT molecular complexity index is 363. The molecule has 1 aromatic carbocycles. The summed E-state index contributed by atoms with van der Waals surface area (Å²) in [6, 6.07) is 10.8. The second kappa shape index (κ2) is 5.85. The smallest absolute Gasteiger partial charge is 0.0562 e. The van der Waals surface area contributed by atoms with E-state index in [1.165, 1.54) is 12.0 Å². The molecule has 0 aliphatic heterocycles. The van der Waals surface area contributed by atoms with Crippen molar-refractivity contribution in [3.05, 3.63) is 35.9 Å². The Kier molecular flexibility index (Phi) is 4.41. The molecule has 18 heavy (non-hydrogen) atoms. The molecular weight excluding hydrogens is 222 g/mol. The van der Waals surface area contributed by atoms with Gasteiger partial charge in [0.15, 0.2) is 0 Å². The van der Waals surface area contributed by atoms with Gasteiger partial charge in [0.1, 0.15) is 0 Å². The normalized spacial score (nSPS) is 26.6. The predicted octanol–water partition coefficient (Wildman–Crippen LogP) is 2.84. The van der Waals surface area contributed by atoms with Crippen LogP contribution in [-0.4, -0.2) is 26.8 Å². The van der Waals surface area contributed by atoms with E-state index in [-0.39, 0.29) is 5.41 Å². The SMILES string of the molecule is COCC1(c2ccccc2)CC1CNCC(C)C. The van der Waals surface area contributed by atoms with Crippen LogP contribution >= 0.6 is 0 Å². The van der Waals surface area contributed by atoms with Gasteiger partial charge in [-0.3, -0.25) is 0 Å². The van der Waals surface area contributed by atoms with Gasteiger partial charge >= 0.3 is 0 Å². The zero-order valence-corrected chi connectivity index (χ0v) is 11.8. The van der Waals surface area contributed by atoms with Crippen LogP contribution in [-0.2, 0) is 10.2 Å². The Labute approximate surface area is 111 Å². The molecule has 0 radical (unpaired) electrons. The van der Waals surface area contributed by atoms with E-state index in [1.807, 2.05) is 7.11 Å². The summed E-state index contributed by atoms with van der Waals surface area (Å²) in [6.45, 7) is 7.55. The second-order valence-corrected chi connectivity index (χ2v) is 5.91. The Hall–Kier alpha value is -0.860. The highest BCUT2D eigenvalue weighted by atomic mass is 16.5. The summed E-state index contributed by atoms with van der Waals surface area (Å²) < 4.78 is 5.45. The van der Waals surface area contributed by atoms with E-state index < -0.39 is 0 Å².